The number of carbonyl (C=O) groups is 3. The summed E-state index contributed by atoms with van der Waals surface area (Å²) in [5.41, 5.74) is 8.15. The molecule has 2 aliphatic heterocycles. The van der Waals surface area contributed by atoms with E-state index in [1.807, 2.05) is 82.6 Å². The van der Waals surface area contributed by atoms with E-state index in [9.17, 15) is 14.4 Å². The molecule has 2 heterocycles. The largest absolute Gasteiger partial charge is 0.399 e. The minimum Gasteiger partial charge on any atom is -0.399 e. The van der Waals surface area contributed by atoms with E-state index in [1.165, 1.54) is 0 Å². The van der Waals surface area contributed by atoms with Crippen molar-refractivity contribution in [2.45, 2.75) is 33.7 Å². The molecule has 238 valence electrons. The molecule has 0 spiro atoms. The van der Waals surface area contributed by atoms with Crippen molar-refractivity contribution in [1.29, 1.82) is 0 Å². The zero-order valence-electron chi connectivity index (χ0n) is 23.1. The van der Waals surface area contributed by atoms with Crippen LogP contribution in [0.5, 0.6) is 0 Å². The maximum absolute atomic E-state index is 11.7. The number of nitrogens with two attached hydrogens (primary N) is 1. The van der Waals surface area contributed by atoms with Crippen molar-refractivity contribution in [3.05, 3.63) is 86.2 Å². The standard InChI is InChI=1S/2C10H9Br2NO.C6H6BrN.C4H5Br2ClO/c2*11-7-1-3-8(4-2-7)13-6-5-9(12)10(13)14;7-5-1-3-6(8)4-2-5;5-2-1-3(6)4(7)8/h2*1-4,9H,5-6H2;1-4H,8H2;3H,1-2H2. The van der Waals surface area contributed by atoms with Crippen LogP contribution in [0.3, 0.4) is 0 Å². The average Bonchev–Trinajstić information content (AvgIpc) is 3.52. The van der Waals surface area contributed by atoms with Crippen LogP contribution in [-0.2, 0) is 14.4 Å². The van der Waals surface area contributed by atoms with Crippen molar-refractivity contribution >= 4 is 157 Å². The molecule has 0 radical (unpaired) electrons. The van der Waals surface area contributed by atoms with Crippen molar-refractivity contribution in [1.82, 2.24) is 0 Å². The molecular weight excluding hydrogens is 1050 g/mol. The third-order valence-corrected chi connectivity index (χ3v) is 11.2. The Morgan fingerprint density at radius 2 is 1.09 bits per heavy atom. The fourth-order valence-electron chi connectivity index (χ4n) is 3.72. The molecule has 0 bridgehead atoms. The third kappa shape index (κ3) is 13.8. The van der Waals surface area contributed by atoms with Gasteiger partial charge in [-0.3, -0.25) is 14.4 Å². The van der Waals surface area contributed by atoms with Crippen LogP contribution in [0.4, 0.5) is 17.1 Å². The van der Waals surface area contributed by atoms with Crippen LogP contribution < -0.4 is 15.5 Å². The molecule has 0 aliphatic carbocycles. The van der Waals surface area contributed by atoms with Gasteiger partial charge in [-0.2, -0.15) is 0 Å². The van der Waals surface area contributed by atoms with Gasteiger partial charge in [0.2, 0.25) is 17.1 Å². The lowest BCUT2D eigenvalue weighted by Gasteiger charge is -2.15. The molecule has 0 saturated carbocycles. The van der Waals surface area contributed by atoms with Crippen molar-refractivity contribution < 1.29 is 14.4 Å². The number of nitrogens with zero attached hydrogens (tertiary/aromatic N) is 2. The number of benzene rings is 3. The highest BCUT2D eigenvalue weighted by atomic mass is 79.9. The zero-order valence-corrected chi connectivity index (χ0v) is 35.0. The van der Waals surface area contributed by atoms with Crippen molar-refractivity contribution in [3.8, 4) is 0 Å². The molecule has 14 heteroatoms. The predicted molar refractivity (Wildman–Crippen MR) is 208 cm³/mol. The van der Waals surface area contributed by atoms with Crippen LogP contribution in [0.15, 0.2) is 86.2 Å². The molecule has 2 N–H and O–H groups in total. The second-order valence-corrected chi connectivity index (χ2v) is 16.5. The fraction of sp³-hybridized carbons (Fsp3) is 0.300. The summed E-state index contributed by atoms with van der Waals surface area (Å²) in [6, 6.07) is 23.1. The Morgan fingerprint density at radius 1 is 0.750 bits per heavy atom. The van der Waals surface area contributed by atoms with Gasteiger partial charge in [0.05, 0.1) is 14.5 Å². The van der Waals surface area contributed by atoms with E-state index in [-0.39, 0.29) is 31.5 Å². The van der Waals surface area contributed by atoms with Crippen LogP contribution in [0.2, 0.25) is 0 Å². The number of hydrogen-bond donors (Lipinski definition) is 1. The number of hydrogen-bond acceptors (Lipinski definition) is 4. The van der Waals surface area contributed by atoms with E-state index in [2.05, 4.69) is 112 Å². The molecule has 2 amide bonds. The summed E-state index contributed by atoms with van der Waals surface area (Å²) in [6.45, 7) is 1.60. The van der Waals surface area contributed by atoms with Gasteiger partial charge in [-0.15, -0.1) is 0 Å². The van der Waals surface area contributed by atoms with Crippen LogP contribution in [-0.4, -0.2) is 50.0 Å². The van der Waals surface area contributed by atoms with E-state index in [0.29, 0.717) is 0 Å². The van der Waals surface area contributed by atoms with Gasteiger partial charge in [-0.05, 0) is 104 Å². The maximum Gasteiger partial charge on any atom is 0.240 e. The molecule has 3 aromatic carbocycles. The van der Waals surface area contributed by atoms with E-state index < -0.39 is 0 Å². The summed E-state index contributed by atoms with van der Waals surface area (Å²) < 4.78 is 3.12. The number of nitrogen functional groups attached to an aromatic ring is 1. The van der Waals surface area contributed by atoms with Gasteiger partial charge in [0.25, 0.3) is 0 Å². The molecule has 2 fully saturated rings. The van der Waals surface area contributed by atoms with Gasteiger partial charge < -0.3 is 15.5 Å². The topological polar surface area (TPSA) is 83.7 Å². The Balaban J connectivity index is 0.000000212. The summed E-state index contributed by atoms with van der Waals surface area (Å²) in [7, 11) is 0. The lowest BCUT2D eigenvalue weighted by Crippen LogP contribution is -2.26. The normalized spacial score (nSPS) is 17.9. The Kier molecular flexibility index (Phi) is 18.9. The highest BCUT2D eigenvalue weighted by Gasteiger charge is 2.31. The van der Waals surface area contributed by atoms with Crippen LogP contribution >= 0.6 is 123 Å². The minimum atomic E-state index is -0.329. The number of rotatable bonds is 5. The molecule has 5 rings (SSSR count). The third-order valence-electron chi connectivity index (χ3n) is 6.04. The minimum absolute atomic E-state index is 0.00820. The van der Waals surface area contributed by atoms with Crippen LogP contribution in [0, 0.1) is 0 Å². The SMILES string of the molecule is Nc1ccc(Br)cc1.O=C(Cl)C(Br)CCBr.O=C1C(Br)CCN1c1ccc(Br)cc1.O=C1C(Br)CCN1c1ccc(Br)cc1. The number of amides is 2. The van der Waals surface area contributed by atoms with E-state index in [0.717, 1.165) is 68.2 Å². The number of alkyl halides is 4. The second kappa shape index (κ2) is 20.8. The summed E-state index contributed by atoms with van der Waals surface area (Å²) in [6.07, 6.45) is 2.51. The first-order valence-electron chi connectivity index (χ1n) is 13.2. The summed E-state index contributed by atoms with van der Waals surface area (Å²) in [5.74, 6) is 0.319. The molecule has 2 aliphatic rings. The van der Waals surface area contributed by atoms with Crippen molar-refractivity contribution in [2.24, 2.45) is 0 Å². The van der Waals surface area contributed by atoms with Crippen molar-refractivity contribution in [2.75, 3.05) is 34.0 Å². The molecular formula is C30H29Br7ClN3O3. The quantitative estimate of drug-likeness (QED) is 0.157. The Hall–Kier alpha value is -0.280. The van der Waals surface area contributed by atoms with Crippen LogP contribution in [0.25, 0.3) is 0 Å². The smallest absolute Gasteiger partial charge is 0.240 e. The number of halogens is 8. The first kappa shape index (κ1) is 39.9. The number of anilines is 3. The first-order chi connectivity index (χ1) is 20.8. The Morgan fingerprint density at radius 3 is 1.32 bits per heavy atom. The van der Waals surface area contributed by atoms with Gasteiger partial charge in [-0.1, -0.05) is 112 Å². The summed E-state index contributed by atoms with van der Waals surface area (Å²) in [4.78, 5) is 37.0. The second-order valence-electron chi connectivity index (χ2n) is 9.25. The average molecular weight is 1070 g/mol. The van der Waals surface area contributed by atoms with Crippen LogP contribution in [0.1, 0.15) is 19.3 Å². The monoisotopic (exact) mass is 1070 g/mol. The molecule has 3 aromatic rings. The predicted octanol–water partition coefficient (Wildman–Crippen LogP) is 10.2. The first-order valence-corrected chi connectivity index (χ1v) is 19.8. The van der Waals surface area contributed by atoms with Gasteiger partial charge in [0, 0.05) is 48.9 Å². The van der Waals surface area contributed by atoms with Gasteiger partial charge >= 0.3 is 0 Å². The number of carbonyl (C=O) groups excluding carboxylic acids is 3. The molecule has 3 atom stereocenters. The molecule has 0 aromatic heterocycles. The Bertz CT molecular complexity index is 1260. The molecule has 2 saturated heterocycles. The maximum atomic E-state index is 11.7. The van der Waals surface area contributed by atoms with E-state index >= 15 is 0 Å². The summed E-state index contributed by atoms with van der Waals surface area (Å²) >= 11 is 28.1. The highest BCUT2D eigenvalue weighted by molar-refractivity contribution is 9.11. The Labute approximate surface area is 322 Å². The highest BCUT2D eigenvalue weighted by Crippen LogP contribution is 2.27. The zero-order chi connectivity index (χ0) is 32.8. The summed E-state index contributed by atoms with van der Waals surface area (Å²) in [5, 5.41) is 0.464. The lowest BCUT2D eigenvalue weighted by molar-refractivity contribution is -0.117. The van der Waals surface area contributed by atoms with Crippen molar-refractivity contribution in [3.63, 3.8) is 0 Å². The lowest BCUT2D eigenvalue weighted by atomic mass is 10.3. The molecule has 6 nitrogen and oxygen atoms in total. The van der Waals surface area contributed by atoms with Gasteiger partial charge in [0.15, 0.2) is 0 Å². The van der Waals surface area contributed by atoms with E-state index in [1.54, 1.807) is 0 Å². The van der Waals surface area contributed by atoms with Gasteiger partial charge in [0.1, 0.15) is 0 Å². The fourth-order valence-corrected chi connectivity index (χ4v) is 6.82. The molecule has 44 heavy (non-hydrogen) atoms. The van der Waals surface area contributed by atoms with Gasteiger partial charge in [-0.25, -0.2) is 0 Å². The molecule has 3 unspecified atom stereocenters. The van der Waals surface area contributed by atoms with E-state index in [4.69, 9.17) is 17.3 Å².